The van der Waals surface area contributed by atoms with E-state index in [1.54, 1.807) is 48.1 Å². The highest BCUT2D eigenvalue weighted by Gasteiger charge is 2.32. The van der Waals surface area contributed by atoms with E-state index >= 15 is 0 Å². The smallest absolute Gasteiger partial charge is 0.325 e. The number of hydrogen-bond donors (Lipinski definition) is 3. The average Bonchev–Trinajstić information content (AvgIpc) is 3.32. The molecule has 4 rings (SSSR count). The van der Waals surface area contributed by atoms with Crippen molar-refractivity contribution in [3.05, 3.63) is 65.9 Å². The molecule has 0 radical (unpaired) electrons. The second kappa shape index (κ2) is 10.8. The summed E-state index contributed by atoms with van der Waals surface area (Å²) in [7, 11) is 0. The largest absolute Gasteiger partial charge is 0.416 e. The number of carbonyl (C=O) groups excluding carboxylic acids is 2. The van der Waals surface area contributed by atoms with Crippen molar-refractivity contribution in [2.45, 2.75) is 57.2 Å². The Kier molecular flexibility index (Phi) is 7.56. The topological polar surface area (TPSA) is 100 Å². The highest BCUT2D eigenvalue weighted by Crippen LogP contribution is 2.34. The van der Waals surface area contributed by atoms with Gasteiger partial charge in [0.25, 0.3) is 6.20 Å². The fourth-order valence-electron chi connectivity index (χ4n) is 4.18. The summed E-state index contributed by atoms with van der Waals surface area (Å²) in [6, 6.07) is 11.1. The van der Waals surface area contributed by atoms with Crippen LogP contribution in [0, 0.1) is 0 Å². The molecule has 190 valence electrons. The molecule has 3 aromatic rings. The molecule has 1 saturated carbocycles. The van der Waals surface area contributed by atoms with E-state index in [2.05, 4.69) is 21.2 Å². The molecule has 2 aromatic carbocycles. The Balaban J connectivity index is 1.46. The van der Waals surface area contributed by atoms with Crippen LogP contribution in [0.2, 0.25) is 0 Å². The highest BCUT2D eigenvalue weighted by molar-refractivity contribution is 6.00. The number of nitrogens with zero attached hydrogens (tertiary/aromatic N) is 2. The van der Waals surface area contributed by atoms with Crippen LogP contribution in [-0.4, -0.2) is 17.2 Å². The predicted octanol–water partition coefficient (Wildman–Crippen LogP) is 5.87. The number of rotatable bonds is 6. The Morgan fingerprint density at radius 2 is 1.67 bits per heavy atom. The van der Waals surface area contributed by atoms with Crippen molar-refractivity contribution in [2.75, 3.05) is 16.0 Å². The number of aromatic nitrogens is 2. The molecule has 8 nitrogen and oxygen atoms in total. The Hall–Kier alpha value is -3.89. The lowest BCUT2D eigenvalue weighted by Crippen LogP contribution is -2.41. The molecule has 1 aliphatic carbocycles. The van der Waals surface area contributed by atoms with Gasteiger partial charge < -0.3 is 10.6 Å². The summed E-state index contributed by atoms with van der Waals surface area (Å²) in [5, 5.41) is 11.3. The van der Waals surface area contributed by atoms with E-state index in [0.29, 0.717) is 0 Å². The first-order valence-electron chi connectivity index (χ1n) is 11.7. The Morgan fingerprint density at radius 3 is 2.33 bits per heavy atom. The van der Waals surface area contributed by atoms with Crippen LogP contribution in [0.5, 0.6) is 0 Å². The Bertz CT molecular complexity index is 1210. The maximum absolute atomic E-state index is 13.5. The van der Waals surface area contributed by atoms with E-state index < -0.39 is 29.6 Å². The van der Waals surface area contributed by atoms with Gasteiger partial charge in [0.15, 0.2) is 6.04 Å². The second-order valence-corrected chi connectivity index (χ2v) is 8.84. The number of alkyl halides is 3. The summed E-state index contributed by atoms with van der Waals surface area (Å²) in [6.45, 7) is 1.65. The monoisotopic (exact) mass is 502 g/mol. The lowest BCUT2D eigenvalue weighted by Gasteiger charge is -2.16. The molecule has 1 aliphatic rings. The van der Waals surface area contributed by atoms with Crippen molar-refractivity contribution in [3.63, 3.8) is 0 Å². The first kappa shape index (κ1) is 25.2. The number of halogens is 3. The van der Waals surface area contributed by atoms with Crippen LogP contribution in [0.4, 0.5) is 35.2 Å². The van der Waals surface area contributed by atoms with Crippen molar-refractivity contribution in [3.8, 4) is 0 Å². The third-order valence-corrected chi connectivity index (χ3v) is 6.15. The molecule has 1 atom stereocenters. The van der Waals surface area contributed by atoms with Crippen molar-refractivity contribution in [1.82, 2.24) is 5.27 Å². The predicted molar refractivity (Wildman–Crippen MR) is 126 cm³/mol. The molecule has 11 heteroatoms. The van der Waals surface area contributed by atoms with Gasteiger partial charge in [-0.2, -0.15) is 13.2 Å². The minimum Gasteiger partial charge on any atom is -0.325 e. The summed E-state index contributed by atoms with van der Waals surface area (Å²) in [5.41, 5.74) is -0.539. The number of amides is 3. The lowest BCUT2D eigenvalue weighted by molar-refractivity contribution is -0.787. The number of urea groups is 1. The van der Waals surface area contributed by atoms with Crippen LogP contribution in [-0.2, 0) is 11.0 Å². The molecule has 1 fully saturated rings. The maximum atomic E-state index is 13.5. The van der Waals surface area contributed by atoms with E-state index in [0.717, 1.165) is 43.4 Å². The quantitative estimate of drug-likeness (QED) is 0.367. The summed E-state index contributed by atoms with van der Waals surface area (Å²) in [5.74, 6) is -1.01. The van der Waals surface area contributed by atoms with Crippen LogP contribution in [0.25, 0.3) is 0 Å². The fourth-order valence-corrected chi connectivity index (χ4v) is 4.18. The van der Waals surface area contributed by atoms with Crippen molar-refractivity contribution in [1.29, 1.82) is 0 Å². The number of anilines is 3. The van der Waals surface area contributed by atoms with Gasteiger partial charge in [0, 0.05) is 24.2 Å². The first-order valence-corrected chi connectivity index (χ1v) is 11.7. The van der Waals surface area contributed by atoms with Gasteiger partial charge in [-0.15, -0.1) is 0 Å². The third-order valence-electron chi connectivity index (χ3n) is 6.15. The second-order valence-electron chi connectivity index (χ2n) is 8.84. The molecule has 1 heterocycles. The molecule has 3 N–H and O–H groups in total. The van der Waals surface area contributed by atoms with Gasteiger partial charge in [-0.25, -0.2) is 4.79 Å². The van der Waals surface area contributed by atoms with E-state index in [1.807, 2.05) is 0 Å². The zero-order valence-electron chi connectivity index (χ0n) is 19.6. The van der Waals surface area contributed by atoms with E-state index in [1.165, 1.54) is 12.5 Å². The van der Waals surface area contributed by atoms with E-state index in [9.17, 15) is 22.8 Å². The van der Waals surface area contributed by atoms with E-state index in [-0.39, 0.29) is 23.3 Å². The molecule has 0 aliphatic heterocycles. The van der Waals surface area contributed by atoms with Gasteiger partial charge in [0.05, 0.1) is 11.5 Å². The molecule has 0 spiro atoms. The molecule has 3 amide bonds. The number of benzene rings is 2. The normalized spacial score (nSPS) is 15.2. The van der Waals surface area contributed by atoms with Gasteiger partial charge in [-0.05, 0) is 48.2 Å². The van der Waals surface area contributed by atoms with Crippen LogP contribution < -0.4 is 20.6 Å². The van der Waals surface area contributed by atoms with Crippen LogP contribution in [0.1, 0.15) is 62.1 Å². The van der Waals surface area contributed by atoms with Gasteiger partial charge in [0.2, 0.25) is 11.2 Å². The molecule has 0 saturated heterocycles. The third kappa shape index (κ3) is 6.41. The Labute approximate surface area is 205 Å². The summed E-state index contributed by atoms with van der Waals surface area (Å²) in [4.78, 5) is 25.1. The molecular formula is C25H27F3N5O3+. The zero-order chi connectivity index (χ0) is 25.7. The Morgan fingerprint density at radius 1 is 1.00 bits per heavy atom. The zero-order valence-corrected chi connectivity index (χ0v) is 19.6. The summed E-state index contributed by atoms with van der Waals surface area (Å²) >= 11 is 0. The van der Waals surface area contributed by atoms with Gasteiger partial charge in [-0.3, -0.25) is 14.6 Å². The number of hydrogen-bond acceptors (Lipinski definition) is 4. The molecule has 0 unspecified atom stereocenters. The standard InChI is InChI=1S/C25H26F3N5O3/c1-16(17-8-4-2-5-9-17)23(34)29-19-12-18(25(26,27)28)13-20(14-19)30-24(35)31-22-15-33(32-36-22)21-10-6-3-7-11-21/h2,4-5,8-9,12-16,21H,3,6-7,10-11H2,1H3,(H2-,29,30,31,32,34,35)/p+1/t16-/m0/s1. The SMILES string of the molecule is C[C@H](C(=O)Nc1cc(NC(=O)Nc2c[n+](C3CCCCC3)no2)cc(C(F)(F)F)c1)c1ccccc1. The van der Waals surface area contributed by atoms with Crippen molar-refractivity contribution >= 4 is 29.2 Å². The summed E-state index contributed by atoms with van der Waals surface area (Å²) in [6.07, 6.45) is 2.15. The first-order chi connectivity index (χ1) is 17.2. The molecule has 36 heavy (non-hydrogen) atoms. The van der Waals surface area contributed by atoms with Crippen molar-refractivity contribution in [2.24, 2.45) is 0 Å². The van der Waals surface area contributed by atoms with Gasteiger partial charge in [-0.1, -0.05) is 36.8 Å². The van der Waals surface area contributed by atoms with Crippen LogP contribution in [0.15, 0.2) is 59.3 Å². The highest BCUT2D eigenvalue weighted by atomic mass is 19.4. The molecule has 0 bridgehead atoms. The van der Waals surface area contributed by atoms with Crippen LogP contribution >= 0.6 is 0 Å². The maximum Gasteiger partial charge on any atom is 0.416 e. The molecule has 1 aromatic heterocycles. The van der Waals surface area contributed by atoms with Crippen LogP contribution in [0.3, 0.4) is 0 Å². The van der Waals surface area contributed by atoms with Crippen molar-refractivity contribution < 1.29 is 32.0 Å². The van der Waals surface area contributed by atoms with Gasteiger partial charge >= 0.3 is 18.1 Å². The average molecular weight is 503 g/mol. The number of carbonyl (C=O) groups is 2. The van der Waals surface area contributed by atoms with Gasteiger partial charge in [0.1, 0.15) is 0 Å². The lowest BCUT2D eigenvalue weighted by atomic mass is 9.96. The summed E-state index contributed by atoms with van der Waals surface area (Å²) < 4.78 is 47.3. The minimum absolute atomic E-state index is 0.0651. The van der Waals surface area contributed by atoms with E-state index in [4.69, 9.17) is 4.52 Å². The number of nitrogens with one attached hydrogen (secondary N) is 3. The minimum atomic E-state index is -4.69. The fraction of sp³-hybridized carbons (Fsp3) is 0.360. The molecular weight excluding hydrogens is 475 g/mol.